The molecular weight excluding hydrogens is 324 g/mol. The molecule has 0 aliphatic carbocycles. The van der Waals surface area contributed by atoms with Crippen LogP contribution >= 0.6 is 35.6 Å². The number of anilines is 2. The first-order chi connectivity index (χ1) is 10.1. The molecule has 0 aliphatic heterocycles. The van der Waals surface area contributed by atoms with Gasteiger partial charge in [-0.05, 0) is 30.5 Å². The summed E-state index contributed by atoms with van der Waals surface area (Å²) < 4.78 is 5.22. The lowest BCUT2D eigenvalue weighted by atomic mass is 10.1. The molecule has 0 atom stereocenters. The number of nitrogens with one attached hydrogen (secondary N) is 1. The van der Waals surface area contributed by atoms with Crippen molar-refractivity contribution in [2.24, 2.45) is 5.73 Å². The van der Waals surface area contributed by atoms with Crippen LogP contribution in [0.3, 0.4) is 0 Å². The number of rotatable bonds is 5. The van der Waals surface area contributed by atoms with E-state index in [1.165, 1.54) is 0 Å². The monoisotopic (exact) mass is 338 g/mol. The van der Waals surface area contributed by atoms with Gasteiger partial charge in [0.25, 0.3) is 0 Å². The molecule has 3 N–H and O–H groups in total. The minimum Gasteiger partial charge on any atom is -0.495 e. The first-order valence-electron chi connectivity index (χ1n) is 6.14. The SMILES string of the molecule is COc1cc(Nc2cccc(SC)c2C(N)=S)ccc1Cl. The summed E-state index contributed by atoms with van der Waals surface area (Å²) in [7, 11) is 1.58. The molecule has 0 heterocycles. The number of methoxy groups -OCH3 is 1. The third-order valence-electron chi connectivity index (χ3n) is 2.92. The quantitative estimate of drug-likeness (QED) is 0.623. The Morgan fingerprint density at radius 1 is 1.33 bits per heavy atom. The van der Waals surface area contributed by atoms with Gasteiger partial charge in [0.15, 0.2) is 0 Å². The van der Waals surface area contributed by atoms with E-state index < -0.39 is 0 Å². The van der Waals surface area contributed by atoms with Crippen LogP contribution in [0, 0.1) is 0 Å². The number of ether oxygens (including phenoxy) is 1. The highest BCUT2D eigenvalue weighted by molar-refractivity contribution is 7.98. The topological polar surface area (TPSA) is 47.3 Å². The molecule has 0 fully saturated rings. The van der Waals surface area contributed by atoms with Gasteiger partial charge in [-0.2, -0.15) is 0 Å². The van der Waals surface area contributed by atoms with Crippen LogP contribution in [0.15, 0.2) is 41.3 Å². The fourth-order valence-electron chi connectivity index (χ4n) is 1.95. The predicted octanol–water partition coefficient (Wildman–Crippen LogP) is 4.45. The smallest absolute Gasteiger partial charge is 0.139 e. The molecule has 2 aromatic carbocycles. The van der Waals surface area contributed by atoms with Crippen molar-refractivity contribution in [2.45, 2.75) is 4.90 Å². The van der Waals surface area contributed by atoms with Crippen LogP contribution in [0.1, 0.15) is 5.56 Å². The van der Waals surface area contributed by atoms with Gasteiger partial charge in [0.05, 0.1) is 12.1 Å². The Labute approximate surface area is 138 Å². The van der Waals surface area contributed by atoms with E-state index in [0.29, 0.717) is 15.8 Å². The third kappa shape index (κ3) is 3.61. The summed E-state index contributed by atoms with van der Waals surface area (Å²) in [6.07, 6.45) is 1.99. The Hall–Kier alpha value is -1.43. The Bertz CT molecular complexity index is 677. The number of thioether (sulfide) groups is 1. The Kier molecular flexibility index (Phi) is 5.33. The van der Waals surface area contributed by atoms with Crippen molar-refractivity contribution in [2.75, 3.05) is 18.7 Å². The minimum absolute atomic E-state index is 0.364. The van der Waals surface area contributed by atoms with Crippen molar-refractivity contribution in [1.29, 1.82) is 0 Å². The molecular formula is C15H15ClN2OS2. The first kappa shape index (κ1) is 15.9. The van der Waals surface area contributed by atoms with Crippen molar-refractivity contribution in [1.82, 2.24) is 0 Å². The first-order valence-corrected chi connectivity index (χ1v) is 8.15. The standard InChI is InChI=1S/C15H15ClN2OS2/c1-19-12-8-9(6-7-10(12)16)18-11-4-3-5-13(21-2)14(11)15(17)20/h3-8,18H,1-2H3,(H2,17,20). The molecule has 2 aromatic rings. The minimum atomic E-state index is 0.364. The third-order valence-corrected chi connectivity index (χ3v) is 4.22. The lowest BCUT2D eigenvalue weighted by molar-refractivity contribution is 0.415. The lowest BCUT2D eigenvalue weighted by Gasteiger charge is -2.15. The fourth-order valence-corrected chi connectivity index (χ4v) is 3.07. The lowest BCUT2D eigenvalue weighted by Crippen LogP contribution is -2.13. The van der Waals surface area contributed by atoms with Crippen LogP contribution in [0.4, 0.5) is 11.4 Å². The van der Waals surface area contributed by atoms with Crippen molar-refractivity contribution >= 4 is 51.9 Å². The summed E-state index contributed by atoms with van der Waals surface area (Å²) in [5.41, 5.74) is 8.41. The average molecular weight is 339 g/mol. The molecule has 0 saturated heterocycles. The fraction of sp³-hybridized carbons (Fsp3) is 0.133. The summed E-state index contributed by atoms with van der Waals surface area (Å²) in [5.74, 6) is 0.611. The van der Waals surface area contributed by atoms with Gasteiger partial charge in [0.2, 0.25) is 0 Å². The summed E-state index contributed by atoms with van der Waals surface area (Å²) >= 11 is 12.8. The summed E-state index contributed by atoms with van der Waals surface area (Å²) in [6.45, 7) is 0. The molecule has 0 aromatic heterocycles. The maximum absolute atomic E-state index is 6.03. The van der Waals surface area contributed by atoms with Crippen LogP contribution in [0.25, 0.3) is 0 Å². The van der Waals surface area contributed by atoms with E-state index in [2.05, 4.69) is 5.32 Å². The van der Waals surface area contributed by atoms with Gasteiger partial charge in [-0.1, -0.05) is 29.9 Å². The number of nitrogens with two attached hydrogens (primary N) is 1. The molecule has 2 rings (SSSR count). The van der Waals surface area contributed by atoms with E-state index in [1.807, 2.05) is 36.6 Å². The van der Waals surface area contributed by atoms with Crippen LogP contribution in [-0.4, -0.2) is 18.4 Å². The van der Waals surface area contributed by atoms with Gasteiger partial charge in [-0.3, -0.25) is 0 Å². The molecule has 0 saturated carbocycles. The Morgan fingerprint density at radius 2 is 2.10 bits per heavy atom. The summed E-state index contributed by atoms with van der Waals surface area (Å²) in [6, 6.07) is 11.4. The number of hydrogen-bond donors (Lipinski definition) is 2. The molecule has 0 radical (unpaired) electrons. The van der Waals surface area contributed by atoms with Crippen LogP contribution < -0.4 is 15.8 Å². The zero-order chi connectivity index (χ0) is 15.4. The number of thiocarbonyl (C=S) groups is 1. The molecule has 0 spiro atoms. The summed E-state index contributed by atoms with van der Waals surface area (Å²) in [5, 5.41) is 3.88. The molecule has 3 nitrogen and oxygen atoms in total. The van der Waals surface area contributed by atoms with Crippen molar-refractivity contribution in [3.8, 4) is 5.75 Å². The predicted molar refractivity (Wildman–Crippen MR) is 95.4 cm³/mol. The van der Waals surface area contributed by atoms with Crippen LogP contribution in [0.2, 0.25) is 5.02 Å². The van der Waals surface area contributed by atoms with Crippen molar-refractivity contribution < 1.29 is 4.74 Å². The van der Waals surface area contributed by atoms with E-state index in [1.54, 1.807) is 24.9 Å². The second-order valence-electron chi connectivity index (χ2n) is 4.22. The van der Waals surface area contributed by atoms with Crippen molar-refractivity contribution in [3.63, 3.8) is 0 Å². The molecule has 0 amide bonds. The highest BCUT2D eigenvalue weighted by Crippen LogP contribution is 2.32. The van der Waals surface area contributed by atoms with Gasteiger partial charge < -0.3 is 15.8 Å². The van der Waals surface area contributed by atoms with E-state index in [9.17, 15) is 0 Å². The van der Waals surface area contributed by atoms with Crippen LogP contribution in [-0.2, 0) is 0 Å². The maximum Gasteiger partial charge on any atom is 0.139 e. The number of halogens is 1. The van der Waals surface area contributed by atoms with Crippen molar-refractivity contribution in [3.05, 3.63) is 47.0 Å². The van der Waals surface area contributed by atoms with E-state index in [-0.39, 0.29) is 0 Å². The van der Waals surface area contributed by atoms with E-state index in [0.717, 1.165) is 21.8 Å². The molecule has 21 heavy (non-hydrogen) atoms. The molecule has 0 unspecified atom stereocenters. The number of benzene rings is 2. The Balaban J connectivity index is 2.42. The zero-order valence-electron chi connectivity index (χ0n) is 11.6. The van der Waals surface area contributed by atoms with Crippen LogP contribution in [0.5, 0.6) is 5.75 Å². The second kappa shape index (κ2) is 7.02. The second-order valence-corrected chi connectivity index (χ2v) is 5.92. The highest BCUT2D eigenvalue weighted by atomic mass is 35.5. The maximum atomic E-state index is 6.03. The zero-order valence-corrected chi connectivity index (χ0v) is 14.0. The van der Waals surface area contributed by atoms with E-state index in [4.69, 9.17) is 34.3 Å². The Morgan fingerprint density at radius 3 is 2.71 bits per heavy atom. The molecule has 0 aliphatic rings. The van der Waals surface area contributed by atoms with E-state index >= 15 is 0 Å². The molecule has 6 heteroatoms. The average Bonchev–Trinajstić information content (AvgIpc) is 2.48. The molecule has 110 valence electrons. The van der Waals surface area contributed by atoms with Gasteiger partial charge >= 0.3 is 0 Å². The summed E-state index contributed by atoms with van der Waals surface area (Å²) in [4.78, 5) is 1.40. The van der Waals surface area contributed by atoms with Gasteiger partial charge in [-0.15, -0.1) is 11.8 Å². The largest absolute Gasteiger partial charge is 0.495 e. The molecule has 0 bridgehead atoms. The van der Waals surface area contributed by atoms with Gasteiger partial charge in [-0.25, -0.2) is 0 Å². The van der Waals surface area contributed by atoms with Gasteiger partial charge in [0.1, 0.15) is 10.7 Å². The normalized spacial score (nSPS) is 10.2. The highest BCUT2D eigenvalue weighted by Gasteiger charge is 2.11. The number of hydrogen-bond acceptors (Lipinski definition) is 4. The van der Waals surface area contributed by atoms with Gasteiger partial charge in [0, 0.05) is 27.9 Å².